The van der Waals surface area contributed by atoms with E-state index in [4.69, 9.17) is 9.47 Å². The van der Waals surface area contributed by atoms with E-state index in [1.165, 1.54) is 28.4 Å². The van der Waals surface area contributed by atoms with Crippen LogP contribution in [0.1, 0.15) is 21.8 Å². The van der Waals surface area contributed by atoms with Crippen molar-refractivity contribution in [1.82, 2.24) is 9.88 Å². The van der Waals surface area contributed by atoms with E-state index in [9.17, 15) is 14.0 Å². The van der Waals surface area contributed by atoms with Crippen molar-refractivity contribution < 1.29 is 23.5 Å². The van der Waals surface area contributed by atoms with Crippen LogP contribution < -0.4 is 10.1 Å². The highest BCUT2D eigenvalue weighted by Gasteiger charge is 2.19. The number of hydrogen-bond acceptors (Lipinski definition) is 6. The van der Waals surface area contributed by atoms with E-state index in [1.807, 2.05) is 32.0 Å². The van der Waals surface area contributed by atoms with Crippen LogP contribution in [0.15, 0.2) is 47.8 Å². The molecule has 0 radical (unpaired) electrons. The van der Waals surface area contributed by atoms with Crippen LogP contribution in [0.4, 0.5) is 10.1 Å². The number of rotatable bonds is 11. The number of benzene rings is 2. The molecule has 0 spiro atoms. The minimum atomic E-state index is -0.330. The number of carbonyl (C=O) groups excluding carboxylic acids is 2. The summed E-state index contributed by atoms with van der Waals surface area (Å²) in [6.07, 6.45) is 0.0630. The van der Waals surface area contributed by atoms with E-state index < -0.39 is 0 Å². The molecule has 1 aromatic heterocycles. The second-order valence-electron chi connectivity index (χ2n) is 7.76. The maximum absolute atomic E-state index is 13.0. The quantitative estimate of drug-likeness (QED) is 0.442. The van der Waals surface area contributed by atoms with E-state index in [0.717, 1.165) is 16.8 Å². The summed E-state index contributed by atoms with van der Waals surface area (Å²) < 4.78 is 23.7. The molecule has 1 N–H and O–H groups in total. The number of amides is 2. The van der Waals surface area contributed by atoms with Crippen LogP contribution in [0, 0.1) is 19.7 Å². The summed E-state index contributed by atoms with van der Waals surface area (Å²) in [6, 6.07) is 11.4. The van der Waals surface area contributed by atoms with Crippen molar-refractivity contribution in [2.45, 2.75) is 26.9 Å². The van der Waals surface area contributed by atoms with Crippen LogP contribution in [-0.2, 0) is 27.4 Å². The standard InChI is InChI=1S/C25H28FN3O4S/c1-17-5-4-6-22(18(17)2)28-23(30)14-29(11-12-32-3)25(31)13-20-16-34-24(27-20)15-33-21-9-7-19(26)8-10-21/h4-10,16H,11-15H2,1-3H3,(H,28,30). The molecule has 0 aliphatic heterocycles. The third kappa shape index (κ3) is 7.36. The molecular formula is C25H28FN3O4S. The summed E-state index contributed by atoms with van der Waals surface area (Å²) in [5.41, 5.74) is 3.40. The number of thiazole rings is 1. The van der Waals surface area contributed by atoms with Gasteiger partial charge in [-0.25, -0.2) is 9.37 Å². The summed E-state index contributed by atoms with van der Waals surface area (Å²) in [5.74, 6) is -0.285. The molecule has 2 amide bonds. The normalized spacial score (nSPS) is 10.7. The fourth-order valence-electron chi connectivity index (χ4n) is 3.18. The van der Waals surface area contributed by atoms with Gasteiger partial charge in [0.1, 0.15) is 23.2 Å². The predicted molar refractivity (Wildman–Crippen MR) is 130 cm³/mol. The number of ether oxygens (including phenoxy) is 2. The lowest BCUT2D eigenvalue weighted by Crippen LogP contribution is -2.40. The molecule has 34 heavy (non-hydrogen) atoms. The van der Waals surface area contributed by atoms with Gasteiger partial charge in [0.25, 0.3) is 0 Å². The summed E-state index contributed by atoms with van der Waals surface area (Å²) in [6.45, 7) is 4.66. The van der Waals surface area contributed by atoms with Gasteiger partial charge in [0, 0.05) is 24.7 Å². The van der Waals surface area contributed by atoms with E-state index in [2.05, 4.69) is 10.3 Å². The smallest absolute Gasteiger partial charge is 0.244 e. The van der Waals surface area contributed by atoms with E-state index in [-0.39, 0.29) is 37.2 Å². The Labute approximate surface area is 202 Å². The summed E-state index contributed by atoms with van der Waals surface area (Å²) in [5, 5.41) is 5.38. The minimum Gasteiger partial charge on any atom is -0.486 e. The SMILES string of the molecule is COCCN(CC(=O)Nc1cccc(C)c1C)C(=O)Cc1csc(COc2ccc(F)cc2)n1. The molecule has 1 heterocycles. The Balaban J connectivity index is 1.57. The fourth-order valence-corrected chi connectivity index (χ4v) is 3.89. The molecule has 3 aromatic rings. The summed E-state index contributed by atoms with van der Waals surface area (Å²) in [4.78, 5) is 31.5. The highest BCUT2D eigenvalue weighted by atomic mass is 32.1. The molecule has 9 heteroatoms. The first-order valence-corrected chi connectivity index (χ1v) is 11.7. The Morgan fingerprint density at radius 3 is 2.65 bits per heavy atom. The number of aromatic nitrogens is 1. The average molecular weight is 486 g/mol. The van der Waals surface area contributed by atoms with Gasteiger partial charge < -0.3 is 19.7 Å². The number of nitrogens with zero attached hydrogens (tertiary/aromatic N) is 2. The van der Waals surface area contributed by atoms with Crippen molar-refractivity contribution in [2.24, 2.45) is 0 Å². The van der Waals surface area contributed by atoms with Gasteiger partial charge in [-0.05, 0) is 55.3 Å². The molecule has 0 saturated heterocycles. The first-order chi connectivity index (χ1) is 16.4. The summed E-state index contributed by atoms with van der Waals surface area (Å²) >= 11 is 1.38. The van der Waals surface area contributed by atoms with Crippen molar-refractivity contribution in [2.75, 3.05) is 32.1 Å². The molecule has 0 unspecified atom stereocenters. The Morgan fingerprint density at radius 2 is 1.91 bits per heavy atom. The maximum Gasteiger partial charge on any atom is 0.244 e. The van der Waals surface area contributed by atoms with Gasteiger partial charge in [-0.2, -0.15) is 0 Å². The van der Waals surface area contributed by atoms with Crippen LogP contribution >= 0.6 is 11.3 Å². The molecule has 0 saturated carbocycles. The molecular weight excluding hydrogens is 457 g/mol. The predicted octanol–water partition coefficient (Wildman–Crippen LogP) is 4.13. The van der Waals surface area contributed by atoms with Crippen molar-refractivity contribution in [3.05, 3.63) is 75.5 Å². The number of methoxy groups -OCH3 is 1. The van der Waals surface area contributed by atoms with Crippen LogP contribution in [0.2, 0.25) is 0 Å². The highest BCUT2D eigenvalue weighted by Crippen LogP contribution is 2.19. The van der Waals surface area contributed by atoms with Gasteiger partial charge in [0.15, 0.2) is 0 Å². The first kappa shape index (κ1) is 25.3. The molecule has 0 aliphatic carbocycles. The third-order valence-corrected chi connectivity index (χ3v) is 6.11. The lowest BCUT2D eigenvalue weighted by atomic mass is 10.1. The average Bonchev–Trinajstić information content (AvgIpc) is 3.26. The Bertz CT molecular complexity index is 1120. The van der Waals surface area contributed by atoms with Crippen molar-refractivity contribution in [1.29, 1.82) is 0 Å². The number of carbonyl (C=O) groups is 2. The molecule has 3 rings (SSSR count). The molecule has 180 valence electrons. The summed E-state index contributed by atoms with van der Waals surface area (Å²) in [7, 11) is 1.55. The second kappa shape index (κ2) is 12.2. The monoisotopic (exact) mass is 485 g/mol. The van der Waals surface area contributed by atoms with Gasteiger partial charge in [-0.1, -0.05) is 12.1 Å². The van der Waals surface area contributed by atoms with Crippen LogP contribution in [0.3, 0.4) is 0 Å². The largest absolute Gasteiger partial charge is 0.486 e. The number of nitrogens with one attached hydrogen (secondary N) is 1. The first-order valence-electron chi connectivity index (χ1n) is 10.8. The lowest BCUT2D eigenvalue weighted by molar-refractivity contribution is -0.134. The zero-order valence-corrected chi connectivity index (χ0v) is 20.3. The van der Waals surface area contributed by atoms with Gasteiger partial charge in [-0.3, -0.25) is 9.59 Å². The zero-order valence-electron chi connectivity index (χ0n) is 19.5. The Morgan fingerprint density at radius 1 is 1.15 bits per heavy atom. The van der Waals surface area contributed by atoms with E-state index >= 15 is 0 Å². The number of halogens is 1. The van der Waals surface area contributed by atoms with Crippen LogP contribution in [0.25, 0.3) is 0 Å². The molecule has 0 aliphatic rings. The van der Waals surface area contributed by atoms with Gasteiger partial charge in [0.05, 0.1) is 25.3 Å². The zero-order chi connectivity index (χ0) is 24.5. The number of hydrogen-bond donors (Lipinski definition) is 1. The Kier molecular flexibility index (Phi) is 9.12. The third-order valence-electron chi connectivity index (χ3n) is 5.24. The van der Waals surface area contributed by atoms with Crippen molar-refractivity contribution >= 4 is 28.8 Å². The maximum atomic E-state index is 13.0. The molecule has 7 nitrogen and oxygen atoms in total. The minimum absolute atomic E-state index is 0.0630. The topological polar surface area (TPSA) is 80.8 Å². The van der Waals surface area contributed by atoms with Crippen molar-refractivity contribution in [3.63, 3.8) is 0 Å². The molecule has 0 bridgehead atoms. The van der Waals surface area contributed by atoms with Crippen LogP contribution in [0.5, 0.6) is 5.75 Å². The van der Waals surface area contributed by atoms with Gasteiger partial charge in [-0.15, -0.1) is 11.3 Å². The molecule has 0 atom stereocenters. The van der Waals surface area contributed by atoms with Crippen molar-refractivity contribution in [3.8, 4) is 5.75 Å². The Hall–Kier alpha value is -3.30. The van der Waals surface area contributed by atoms with Gasteiger partial charge in [0.2, 0.25) is 11.8 Å². The lowest BCUT2D eigenvalue weighted by Gasteiger charge is -2.22. The fraction of sp³-hybridized carbons (Fsp3) is 0.320. The number of aryl methyl sites for hydroxylation is 1. The molecule has 0 fully saturated rings. The van der Waals surface area contributed by atoms with Crippen LogP contribution in [-0.4, -0.2) is 48.5 Å². The number of anilines is 1. The molecule has 2 aromatic carbocycles. The van der Waals surface area contributed by atoms with E-state index in [1.54, 1.807) is 24.6 Å². The van der Waals surface area contributed by atoms with Gasteiger partial charge >= 0.3 is 0 Å². The highest BCUT2D eigenvalue weighted by molar-refractivity contribution is 7.09. The van der Waals surface area contributed by atoms with E-state index in [0.29, 0.717) is 29.6 Å². The second-order valence-corrected chi connectivity index (χ2v) is 8.70.